The van der Waals surface area contributed by atoms with Crippen molar-refractivity contribution >= 4 is 17.0 Å². The number of rotatable bonds is 6. The van der Waals surface area contributed by atoms with E-state index in [1.807, 2.05) is 24.3 Å². The van der Waals surface area contributed by atoms with Crippen LogP contribution in [0.4, 0.5) is 0 Å². The van der Waals surface area contributed by atoms with Crippen LogP contribution < -0.4 is 9.47 Å². The van der Waals surface area contributed by atoms with E-state index >= 15 is 0 Å². The van der Waals surface area contributed by atoms with E-state index in [0.29, 0.717) is 24.7 Å². The maximum absolute atomic E-state index is 12.2. The lowest BCUT2D eigenvalue weighted by Crippen LogP contribution is -2.35. The standard InChI is InChI=1S/C23H25N3O5/c1-2-29-23(27)17-4-6-19-18(12-17)24-22(16-5-7-20-21(13-16)31-15-30-20)26(19)10-9-25-8-3-11-28-14-25/h4-7,12-13H,2-3,8-11,14-15H2,1H3. The zero-order valence-electron chi connectivity index (χ0n) is 17.5. The van der Waals surface area contributed by atoms with Crippen LogP contribution in [0.15, 0.2) is 36.4 Å². The monoisotopic (exact) mass is 423 g/mol. The predicted molar refractivity (Wildman–Crippen MR) is 114 cm³/mol. The molecule has 0 atom stereocenters. The molecule has 3 heterocycles. The van der Waals surface area contributed by atoms with Gasteiger partial charge in [-0.15, -0.1) is 0 Å². The molecular weight excluding hydrogens is 398 g/mol. The number of benzene rings is 2. The van der Waals surface area contributed by atoms with Crippen molar-refractivity contribution in [3.63, 3.8) is 0 Å². The first-order valence-corrected chi connectivity index (χ1v) is 10.6. The number of nitrogens with zero attached hydrogens (tertiary/aromatic N) is 3. The largest absolute Gasteiger partial charge is 0.462 e. The third-order valence-corrected chi connectivity index (χ3v) is 5.57. The van der Waals surface area contributed by atoms with E-state index in [1.165, 1.54) is 0 Å². The fraction of sp³-hybridized carbons (Fsp3) is 0.391. The Morgan fingerprint density at radius 1 is 1.13 bits per heavy atom. The van der Waals surface area contributed by atoms with Crippen molar-refractivity contribution < 1.29 is 23.7 Å². The average molecular weight is 423 g/mol. The number of ether oxygens (including phenoxy) is 4. The molecule has 2 aliphatic heterocycles. The summed E-state index contributed by atoms with van der Waals surface area (Å²) in [6, 6.07) is 11.4. The van der Waals surface area contributed by atoms with Gasteiger partial charge in [0.05, 0.1) is 29.9 Å². The van der Waals surface area contributed by atoms with Crippen LogP contribution in [0.25, 0.3) is 22.4 Å². The van der Waals surface area contributed by atoms with Crippen LogP contribution >= 0.6 is 0 Å². The molecular formula is C23H25N3O5. The predicted octanol–water partition coefficient (Wildman–Crippen LogP) is 3.29. The first-order valence-electron chi connectivity index (χ1n) is 10.6. The molecule has 1 saturated heterocycles. The Bertz CT molecular complexity index is 1100. The molecule has 0 spiro atoms. The van der Waals surface area contributed by atoms with Crippen molar-refractivity contribution in [1.29, 1.82) is 0 Å². The van der Waals surface area contributed by atoms with Gasteiger partial charge < -0.3 is 23.5 Å². The summed E-state index contributed by atoms with van der Waals surface area (Å²) >= 11 is 0. The lowest BCUT2D eigenvalue weighted by molar-refractivity contribution is -0.0144. The summed E-state index contributed by atoms with van der Waals surface area (Å²) < 4.78 is 23.9. The van der Waals surface area contributed by atoms with Crippen LogP contribution in [0.5, 0.6) is 11.5 Å². The molecule has 2 aliphatic rings. The van der Waals surface area contributed by atoms with Gasteiger partial charge in [-0.05, 0) is 49.7 Å². The van der Waals surface area contributed by atoms with Gasteiger partial charge in [-0.1, -0.05) is 0 Å². The molecule has 8 nitrogen and oxygen atoms in total. The molecule has 1 fully saturated rings. The Labute approximate surface area is 180 Å². The fourth-order valence-electron chi connectivity index (χ4n) is 4.02. The van der Waals surface area contributed by atoms with Gasteiger partial charge in [-0.3, -0.25) is 4.90 Å². The van der Waals surface area contributed by atoms with Gasteiger partial charge in [0.2, 0.25) is 6.79 Å². The van der Waals surface area contributed by atoms with Gasteiger partial charge >= 0.3 is 5.97 Å². The van der Waals surface area contributed by atoms with Crippen molar-refractivity contribution in [3.8, 4) is 22.9 Å². The minimum Gasteiger partial charge on any atom is -0.462 e. The highest BCUT2D eigenvalue weighted by molar-refractivity contribution is 5.94. The quantitative estimate of drug-likeness (QED) is 0.563. The zero-order valence-corrected chi connectivity index (χ0v) is 17.5. The molecule has 0 bridgehead atoms. The number of carbonyl (C=O) groups excluding carboxylic acids is 1. The van der Waals surface area contributed by atoms with Gasteiger partial charge in [-0.2, -0.15) is 0 Å². The SMILES string of the molecule is CCOC(=O)c1ccc2c(c1)nc(-c1ccc3c(c1)OCO3)n2CCN1CCCOC1. The Hall–Kier alpha value is -3.10. The van der Waals surface area contributed by atoms with Crippen LogP contribution in [0, 0.1) is 0 Å². The van der Waals surface area contributed by atoms with Gasteiger partial charge in [0.25, 0.3) is 0 Å². The highest BCUT2D eigenvalue weighted by Gasteiger charge is 2.20. The summed E-state index contributed by atoms with van der Waals surface area (Å²) in [5.74, 6) is 1.94. The molecule has 0 unspecified atom stereocenters. The van der Waals surface area contributed by atoms with Gasteiger partial charge in [0.1, 0.15) is 5.82 Å². The molecule has 5 rings (SSSR count). The summed E-state index contributed by atoms with van der Waals surface area (Å²) in [6.07, 6.45) is 1.04. The molecule has 162 valence electrons. The highest BCUT2D eigenvalue weighted by atomic mass is 16.7. The Morgan fingerprint density at radius 3 is 2.87 bits per heavy atom. The molecule has 0 aliphatic carbocycles. The summed E-state index contributed by atoms with van der Waals surface area (Å²) in [5.41, 5.74) is 3.17. The maximum Gasteiger partial charge on any atom is 0.338 e. The Kier molecular flexibility index (Phi) is 5.48. The van der Waals surface area contributed by atoms with Crippen LogP contribution in [-0.2, 0) is 16.0 Å². The second-order valence-electron chi connectivity index (χ2n) is 7.59. The van der Waals surface area contributed by atoms with Crippen molar-refractivity contribution in [2.24, 2.45) is 0 Å². The highest BCUT2D eigenvalue weighted by Crippen LogP contribution is 2.36. The smallest absolute Gasteiger partial charge is 0.338 e. The molecule has 0 N–H and O–H groups in total. The number of esters is 1. The molecule has 0 amide bonds. The van der Waals surface area contributed by atoms with Crippen LogP contribution in [0.1, 0.15) is 23.7 Å². The molecule has 3 aromatic rings. The zero-order chi connectivity index (χ0) is 21.2. The Morgan fingerprint density at radius 2 is 2.03 bits per heavy atom. The summed E-state index contributed by atoms with van der Waals surface area (Å²) in [5, 5.41) is 0. The summed E-state index contributed by atoms with van der Waals surface area (Å²) in [7, 11) is 0. The second-order valence-corrected chi connectivity index (χ2v) is 7.59. The summed E-state index contributed by atoms with van der Waals surface area (Å²) in [4.78, 5) is 19.4. The fourth-order valence-corrected chi connectivity index (χ4v) is 4.02. The molecule has 31 heavy (non-hydrogen) atoms. The van der Waals surface area contributed by atoms with Crippen LogP contribution in [0.2, 0.25) is 0 Å². The van der Waals surface area contributed by atoms with E-state index in [2.05, 4.69) is 9.47 Å². The molecule has 1 aromatic heterocycles. The van der Waals surface area contributed by atoms with E-state index in [4.69, 9.17) is 23.9 Å². The third-order valence-electron chi connectivity index (χ3n) is 5.57. The average Bonchev–Trinajstić information content (AvgIpc) is 3.42. The normalized spacial score (nSPS) is 16.0. The maximum atomic E-state index is 12.2. The van der Waals surface area contributed by atoms with Gasteiger partial charge in [0, 0.05) is 31.8 Å². The molecule has 0 saturated carbocycles. The van der Waals surface area contributed by atoms with Crippen molar-refractivity contribution in [3.05, 3.63) is 42.0 Å². The number of aromatic nitrogens is 2. The molecule has 0 radical (unpaired) electrons. The van der Waals surface area contributed by atoms with E-state index < -0.39 is 0 Å². The first-order chi connectivity index (χ1) is 15.2. The topological polar surface area (TPSA) is 75.1 Å². The van der Waals surface area contributed by atoms with Crippen molar-refractivity contribution in [2.75, 3.05) is 39.8 Å². The van der Waals surface area contributed by atoms with Gasteiger partial charge in [-0.25, -0.2) is 9.78 Å². The third kappa shape index (κ3) is 3.96. The number of fused-ring (bicyclic) bond motifs is 2. The number of imidazole rings is 1. The van der Waals surface area contributed by atoms with Crippen molar-refractivity contribution in [1.82, 2.24) is 14.5 Å². The number of carbonyl (C=O) groups is 1. The van der Waals surface area contributed by atoms with E-state index in [-0.39, 0.29) is 12.8 Å². The van der Waals surface area contributed by atoms with Crippen LogP contribution in [0.3, 0.4) is 0 Å². The van der Waals surface area contributed by atoms with E-state index in [0.717, 1.165) is 60.8 Å². The summed E-state index contributed by atoms with van der Waals surface area (Å²) in [6.45, 7) is 6.47. The molecule has 8 heteroatoms. The Balaban J connectivity index is 1.53. The van der Waals surface area contributed by atoms with Crippen molar-refractivity contribution in [2.45, 2.75) is 19.9 Å². The minimum absolute atomic E-state index is 0.229. The number of hydrogen-bond donors (Lipinski definition) is 0. The first kappa shape index (κ1) is 19.8. The lowest BCUT2D eigenvalue weighted by atomic mass is 10.2. The second kappa shape index (κ2) is 8.56. The van der Waals surface area contributed by atoms with E-state index in [9.17, 15) is 4.79 Å². The van der Waals surface area contributed by atoms with Crippen LogP contribution in [-0.4, -0.2) is 60.2 Å². The number of hydrogen-bond acceptors (Lipinski definition) is 7. The van der Waals surface area contributed by atoms with Gasteiger partial charge in [0.15, 0.2) is 11.5 Å². The minimum atomic E-state index is -0.339. The lowest BCUT2D eigenvalue weighted by Gasteiger charge is -2.26. The van der Waals surface area contributed by atoms with E-state index in [1.54, 1.807) is 19.1 Å². The molecule has 2 aromatic carbocycles.